The zero-order valence-corrected chi connectivity index (χ0v) is 9.22. The summed E-state index contributed by atoms with van der Waals surface area (Å²) in [6, 6.07) is 0.0334. The second-order valence-electron chi connectivity index (χ2n) is 3.05. The Morgan fingerprint density at radius 2 is 2.08 bits per heavy atom. The maximum Gasteiger partial charge on any atom is 0.278 e. The van der Waals surface area contributed by atoms with Crippen molar-refractivity contribution in [2.75, 3.05) is 0 Å². The first kappa shape index (κ1) is 10.5. The van der Waals surface area contributed by atoms with Gasteiger partial charge < -0.3 is 4.57 Å². The molecule has 1 aromatic rings. The Labute approximate surface area is 82.0 Å². The van der Waals surface area contributed by atoms with Crippen molar-refractivity contribution in [1.82, 2.24) is 9.55 Å². The summed E-state index contributed by atoms with van der Waals surface area (Å²) in [4.78, 5) is 3.90. The van der Waals surface area contributed by atoms with Gasteiger partial charge in [-0.15, -0.1) is 0 Å². The Bertz CT molecular complexity index is 408. The van der Waals surface area contributed by atoms with Crippen molar-refractivity contribution in [3.8, 4) is 0 Å². The van der Waals surface area contributed by atoms with Gasteiger partial charge in [0.15, 0.2) is 5.03 Å². The van der Waals surface area contributed by atoms with Crippen molar-refractivity contribution in [3.63, 3.8) is 0 Å². The lowest BCUT2D eigenvalue weighted by Gasteiger charge is -2.11. The summed E-state index contributed by atoms with van der Waals surface area (Å²) in [5.41, 5.74) is 0. The van der Waals surface area contributed by atoms with Crippen molar-refractivity contribution in [1.29, 1.82) is 0 Å². The van der Waals surface area contributed by atoms with Crippen molar-refractivity contribution < 1.29 is 8.42 Å². The number of aryl methyl sites for hydroxylation is 1. The average molecular weight is 223 g/mol. The molecule has 1 rings (SSSR count). The maximum absolute atomic E-state index is 11.1. The Balaban J connectivity index is 3.40. The van der Waals surface area contributed by atoms with Crippen molar-refractivity contribution in [3.05, 3.63) is 12.0 Å². The number of hydrogen-bond donors (Lipinski definition) is 0. The fourth-order valence-corrected chi connectivity index (χ4v) is 2.34. The molecule has 0 spiro atoms. The van der Waals surface area contributed by atoms with Gasteiger partial charge in [0, 0.05) is 16.7 Å². The number of aromatic nitrogens is 2. The van der Waals surface area contributed by atoms with Gasteiger partial charge in [0.2, 0.25) is 0 Å². The number of nitrogens with zero attached hydrogens (tertiary/aromatic N) is 2. The van der Waals surface area contributed by atoms with Gasteiger partial charge in [-0.25, -0.2) is 13.4 Å². The van der Waals surface area contributed by atoms with Crippen LogP contribution in [-0.4, -0.2) is 18.0 Å². The molecule has 1 aromatic heterocycles. The molecule has 0 atom stereocenters. The van der Waals surface area contributed by atoms with Gasteiger partial charge in [0.1, 0.15) is 5.82 Å². The predicted molar refractivity (Wildman–Crippen MR) is 50.4 cm³/mol. The van der Waals surface area contributed by atoms with E-state index >= 15 is 0 Å². The Hall–Kier alpha value is -0.550. The largest absolute Gasteiger partial charge is 0.316 e. The monoisotopic (exact) mass is 222 g/mol. The third kappa shape index (κ3) is 2.03. The van der Waals surface area contributed by atoms with E-state index in [0.717, 1.165) is 0 Å². The fraction of sp³-hybridized carbons (Fsp3) is 0.571. The van der Waals surface area contributed by atoms with Crippen LogP contribution in [0, 0.1) is 6.92 Å². The molecule has 0 N–H and O–H groups in total. The van der Waals surface area contributed by atoms with Crippen molar-refractivity contribution >= 4 is 19.7 Å². The van der Waals surface area contributed by atoms with Crippen LogP contribution in [0.25, 0.3) is 0 Å². The molecular weight excluding hydrogens is 212 g/mol. The van der Waals surface area contributed by atoms with Gasteiger partial charge in [-0.3, -0.25) is 0 Å². The summed E-state index contributed by atoms with van der Waals surface area (Å²) in [5.74, 6) is 0.647. The van der Waals surface area contributed by atoms with E-state index in [4.69, 9.17) is 10.7 Å². The molecule has 0 aromatic carbocycles. The number of imidazole rings is 1. The summed E-state index contributed by atoms with van der Waals surface area (Å²) in [6.45, 7) is 5.49. The smallest absolute Gasteiger partial charge is 0.278 e. The van der Waals surface area contributed by atoms with Gasteiger partial charge in [0.25, 0.3) is 9.05 Å². The summed E-state index contributed by atoms with van der Waals surface area (Å²) in [6.07, 6.45) is 1.28. The highest BCUT2D eigenvalue weighted by Gasteiger charge is 2.19. The minimum atomic E-state index is -3.68. The predicted octanol–water partition coefficient (Wildman–Crippen LogP) is 1.70. The maximum atomic E-state index is 11.1. The fourth-order valence-electron chi connectivity index (χ4n) is 1.24. The molecule has 0 aliphatic heterocycles. The molecule has 0 aliphatic rings. The zero-order valence-electron chi connectivity index (χ0n) is 7.65. The Kier molecular flexibility index (Phi) is 2.68. The van der Waals surface area contributed by atoms with E-state index in [9.17, 15) is 8.42 Å². The first-order valence-corrected chi connectivity index (χ1v) is 6.13. The van der Waals surface area contributed by atoms with Crippen LogP contribution < -0.4 is 0 Å². The molecule has 4 nitrogen and oxygen atoms in total. The van der Waals surface area contributed by atoms with Crippen molar-refractivity contribution in [2.45, 2.75) is 31.8 Å². The molecule has 13 heavy (non-hydrogen) atoms. The molecule has 0 unspecified atom stereocenters. The van der Waals surface area contributed by atoms with Crippen LogP contribution in [-0.2, 0) is 9.05 Å². The van der Waals surface area contributed by atoms with Gasteiger partial charge in [-0.05, 0) is 20.8 Å². The molecule has 1 heterocycles. The number of hydrogen-bond acceptors (Lipinski definition) is 3. The van der Waals surface area contributed by atoms with Crippen LogP contribution in [0.5, 0.6) is 0 Å². The molecule has 6 heteroatoms. The minimum Gasteiger partial charge on any atom is -0.316 e. The Morgan fingerprint density at radius 1 is 1.54 bits per heavy atom. The quantitative estimate of drug-likeness (QED) is 0.716. The first-order chi connectivity index (χ1) is 5.84. The van der Waals surface area contributed by atoms with Crippen LogP contribution in [0.15, 0.2) is 11.2 Å². The highest BCUT2D eigenvalue weighted by Crippen LogP contribution is 2.20. The van der Waals surface area contributed by atoms with Gasteiger partial charge in [-0.2, -0.15) is 0 Å². The van der Waals surface area contributed by atoms with E-state index in [2.05, 4.69) is 4.98 Å². The van der Waals surface area contributed by atoms with Crippen LogP contribution in [0.2, 0.25) is 0 Å². The standard InChI is InChI=1S/C7H11ClN2O2S/c1-5(2)10-6(3)9-4-7(10)13(8,11)12/h4-5H,1-3H3. The molecular formula is C7H11ClN2O2S. The second-order valence-corrected chi connectivity index (χ2v) is 5.56. The van der Waals surface area contributed by atoms with Crippen LogP contribution in [0.4, 0.5) is 0 Å². The third-order valence-electron chi connectivity index (χ3n) is 1.71. The summed E-state index contributed by atoms with van der Waals surface area (Å²) < 4.78 is 23.7. The summed E-state index contributed by atoms with van der Waals surface area (Å²) in [7, 11) is 1.55. The molecule has 0 fully saturated rings. The highest BCUT2D eigenvalue weighted by atomic mass is 35.7. The normalized spacial score (nSPS) is 12.4. The van der Waals surface area contributed by atoms with E-state index in [-0.39, 0.29) is 11.1 Å². The Morgan fingerprint density at radius 3 is 2.38 bits per heavy atom. The lowest BCUT2D eigenvalue weighted by Crippen LogP contribution is -2.09. The molecule has 0 saturated heterocycles. The highest BCUT2D eigenvalue weighted by molar-refractivity contribution is 8.13. The van der Waals surface area contributed by atoms with Gasteiger partial charge in [-0.1, -0.05) is 0 Å². The minimum absolute atomic E-state index is 0.0334. The lowest BCUT2D eigenvalue weighted by atomic mass is 10.4. The van der Waals surface area contributed by atoms with Crippen LogP contribution in [0.1, 0.15) is 25.7 Å². The topological polar surface area (TPSA) is 52.0 Å². The first-order valence-electron chi connectivity index (χ1n) is 3.82. The number of halogens is 1. The molecule has 0 radical (unpaired) electrons. The van der Waals surface area contributed by atoms with Crippen LogP contribution in [0.3, 0.4) is 0 Å². The summed E-state index contributed by atoms with van der Waals surface area (Å²) in [5, 5.41) is 0.0571. The van der Waals surface area contributed by atoms with Gasteiger partial charge in [0.05, 0.1) is 6.20 Å². The van der Waals surface area contributed by atoms with Gasteiger partial charge >= 0.3 is 0 Å². The molecule has 74 valence electrons. The van der Waals surface area contributed by atoms with Crippen LogP contribution >= 0.6 is 10.7 Å². The summed E-state index contributed by atoms with van der Waals surface area (Å²) >= 11 is 0. The lowest BCUT2D eigenvalue weighted by molar-refractivity contribution is 0.526. The molecule has 0 amide bonds. The molecule has 0 aliphatic carbocycles. The second kappa shape index (κ2) is 3.31. The van der Waals surface area contributed by atoms with E-state index in [1.807, 2.05) is 13.8 Å². The molecule has 0 saturated carbocycles. The molecule has 0 bridgehead atoms. The van der Waals surface area contributed by atoms with Crippen molar-refractivity contribution in [2.24, 2.45) is 0 Å². The third-order valence-corrected chi connectivity index (χ3v) is 2.99. The number of rotatable bonds is 2. The average Bonchev–Trinajstić information content (AvgIpc) is 2.28. The van der Waals surface area contributed by atoms with E-state index in [1.54, 1.807) is 11.5 Å². The van der Waals surface area contributed by atoms with E-state index in [0.29, 0.717) is 5.82 Å². The van der Waals surface area contributed by atoms with E-state index < -0.39 is 9.05 Å². The van der Waals surface area contributed by atoms with E-state index in [1.165, 1.54) is 6.20 Å². The SMILES string of the molecule is Cc1ncc(S(=O)(=O)Cl)n1C(C)C. The zero-order chi connectivity index (χ0) is 10.2.